The average Bonchev–Trinajstić information content (AvgIpc) is 3.39. The molecule has 2 saturated heterocycles. The van der Waals surface area contributed by atoms with E-state index in [0.717, 1.165) is 62.5 Å². The number of nitrogens with zero attached hydrogens (tertiary/aromatic N) is 8. The maximum Gasteiger partial charge on any atom is 0.227 e. The summed E-state index contributed by atoms with van der Waals surface area (Å²) in [6.07, 6.45) is 8.10. The van der Waals surface area contributed by atoms with Gasteiger partial charge in [0.15, 0.2) is 5.65 Å². The van der Waals surface area contributed by atoms with Crippen LogP contribution in [0.25, 0.3) is 5.65 Å². The smallest absolute Gasteiger partial charge is 0.227 e. The molecule has 134 valence electrons. The van der Waals surface area contributed by atoms with Gasteiger partial charge in [0.05, 0.1) is 6.20 Å². The number of hydrogen-bond donors (Lipinski definition) is 0. The van der Waals surface area contributed by atoms with E-state index < -0.39 is 0 Å². The molecule has 26 heavy (non-hydrogen) atoms. The molecule has 0 aliphatic carbocycles. The van der Waals surface area contributed by atoms with Gasteiger partial charge in [0.25, 0.3) is 0 Å². The Morgan fingerprint density at radius 2 is 1.42 bits per heavy atom. The molecule has 2 aliphatic rings. The zero-order valence-corrected chi connectivity index (χ0v) is 14.7. The van der Waals surface area contributed by atoms with Gasteiger partial charge in [0, 0.05) is 57.7 Å². The van der Waals surface area contributed by atoms with Crippen molar-refractivity contribution >= 4 is 23.2 Å². The lowest BCUT2D eigenvalue weighted by atomic mass is 10.3. The number of fused-ring (bicyclic) bond motifs is 1. The summed E-state index contributed by atoms with van der Waals surface area (Å²) >= 11 is 0. The Morgan fingerprint density at radius 3 is 2.19 bits per heavy atom. The van der Waals surface area contributed by atoms with Crippen molar-refractivity contribution in [1.82, 2.24) is 24.6 Å². The van der Waals surface area contributed by atoms with Crippen LogP contribution in [-0.2, 0) is 0 Å². The number of aromatic nitrogens is 5. The summed E-state index contributed by atoms with van der Waals surface area (Å²) in [6, 6.07) is 5.98. The van der Waals surface area contributed by atoms with Crippen molar-refractivity contribution in [1.29, 1.82) is 0 Å². The standard InChI is InChI=1S/C18H22N8/c1-2-9-25(8-1)18-19-6-3-15(22-18)23-11-13-24(14-12-23)16-5-10-26-17(21-16)4-7-20-26/h3-7,10H,1-2,8-9,11-14H2. The molecule has 3 aromatic heterocycles. The molecule has 0 radical (unpaired) electrons. The Morgan fingerprint density at radius 1 is 0.692 bits per heavy atom. The summed E-state index contributed by atoms with van der Waals surface area (Å²) in [5, 5.41) is 4.21. The summed E-state index contributed by atoms with van der Waals surface area (Å²) in [6.45, 7) is 5.87. The fourth-order valence-corrected chi connectivity index (χ4v) is 3.73. The van der Waals surface area contributed by atoms with Gasteiger partial charge in [-0.1, -0.05) is 0 Å². The van der Waals surface area contributed by atoms with Gasteiger partial charge in [-0.25, -0.2) is 14.5 Å². The minimum atomic E-state index is 0.871. The normalized spacial score (nSPS) is 18.1. The molecule has 8 nitrogen and oxygen atoms in total. The number of piperazine rings is 1. The second kappa shape index (κ2) is 6.44. The maximum absolute atomic E-state index is 4.81. The molecular weight excluding hydrogens is 328 g/mol. The summed E-state index contributed by atoms with van der Waals surface area (Å²) in [7, 11) is 0. The summed E-state index contributed by atoms with van der Waals surface area (Å²) in [5.41, 5.74) is 0.885. The molecule has 3 aromatic rings. The molecule has 5 rings (SSSR count). The van der Waals surface area contributed by atoms with Crippen LogP contribution in [0.2, 0.25) is 0 Å². The van der Waals surface area contributed by atoms with E-state index in [-0.39, 0.29) is 0 Å². The molecular formula is C18H22N8. The molecule has 0 saturated carbocycles. The Bertz CT molecular complexity index is 893. The fraction of sp³-hybridized carbons (Fsp3) is 0.444. The van der Waals surface area contributed by atoms with E-state index in [2.05, 4.69) is 24.8 Å². The largest absolute Gasteiger partial charge is 0.353 e. The zero-order chi connectivity index (χ0) is 17.3. The van der Waals surface area contributed by atoms with Crippen molar-refractivity contribution in [2.75, 3.05) is 54.0 Å². The Balaban J connectivity index is 1.28. The minimum absolute atomic E-state index is 0.871. The van der Waals surface area contributed by atoms with Crippen molar-refractivity contribution in [3.63, 3.8) is 0 Å². The first-order valence-corrected chi connectivity index (χ1v) is 9.25. The van der Waals surface area contributed by atoms with Crippen LogP contribution >= 0.6 is 0 Å². The van der Waals surface area contributed by atoms with Gasteiger partial charge in [0.2, 0.25) is 5.95 Å². The van der Waals surface area contributed by atoms with Crippen molar-refractivity contribution in [3.05, 3.63) is 36.8 Å². The predicted molar refractivity (Wildman–Crippen MR) is 101 cm³/mol. The first-order chi connectivity index (χ1) is 12.9. The third-order valence-corrected chi connectivity index (χ3v) is 5.19. The number of hydrogen-bond acceptors (Lipinski definition) is 7. The van der Waals surface area contributed by atoms with Crippen LogP contribution in [0.1, 0.15) is 12.8 Å². The second-order valence-corrected chi connectivity index (χ2v) is 6.80. The van der Waals surface area contributed by atoms with Crippen molar-refractivity contribution in [2.45, 2.75) is 12.8 Å². The minimum Gasteiger partial charge on any atom is -0.353 e. The lowest BCUT2D eigenvalue weighted by Crippen LogP contribution is -2.47. The van der Waals surface area contributed by atoms with Gasteiger partial charge < -0.3 is 14.7 Å². The van der Waals surface area contributed by atoms with E-state index in [1.54, 1.807) is 10.7 Å². The molecule has 8 heteroatoms. The van der Waals surface area contributed by atoms with Gasteiger partial charge in [-0.15, -0.1) is 0 Å². The van der Waals surface area contributed by atoms with Crippen molar-refractivity contribution < 1.29 is 0 Å². The third kappa shape index (κ3) is 2.81. The average molecular weight is 350 g/mol. The maximum atomic E-state index is 4.81. The topological polar surface area (TPSA) is 65.7 Å². The molecule has 0 bridgehead atoms. The molecule has 0 atom stereocenters. The highest BCUT2D eigenvalue weighted by Gasteiger charge is 2.21. The van der Waals surface area contributed by atoms with Gasteiger partial charge in [-0.3, -0.25) is 0 Å². The van der Waals surface area contributed by atoms with Crippen LogP contribution < -0.4 is 14.7 Å². The zero-order valence-electron chi connectivity index (χ0n) is 14.7. The monoisotopic (exact) mass is 350 g/mol. The molecule has 0 aromatic carbocycles. The third-order valence-electron chi connectivity index (χ3n) is 5.19. The van der Waals surface area contributed by atoms with Gasteiger partial charge in [-0.2, -0.15) is 10.1 Å². The molecule has 0 amide bonds. The van der Waals surface area contributed by atoms with Gasteiger partial charge in [0.1, 0.15) is 11.6 Å². The van der Waals surface area contributed by atoms with E-state index in [9.17, 15) is 0 Å². The Labute approximate surface area is 152 Å². The van der Waals surface area contributed by atoms with Crippen LogP contribution in [0.4, 0.5) is 17.6 Å². The van der Waals surface area contributed by atoms with Crippen LogP contribution in [0.3, 0.4) is 0 Å². The Kier molecular flexibility index (Phi) is 3.80. The first kappa shape index (κ1) is 15.4. The molecule has 2 aliphatic heterocycles. The second-order valence-electron chi connectivity index (χ2n) is 6.80. The highest BCUT2D eigenvalue weighted by Crippen LogP contribution is 2.21. The van der Waals surface area contributed by atoms with Crippen LogP contribution in [0.5, 0.6) is 0 Å². The highest BCUT2D eigenvalue weighted by molar-refractivity contribution is 5.50. The molecule has 0 N–H and O–H groups in total. The van der Waals surface area contributed by atoms with E-state index in [1.165, 1.54) is 12.8 Å². The summed E-state index contributed by atoms with van der Waals surface area (Å²) in [5.74, 6) is 2.91. The first-order valence-electron chi connectivity index (χ1n) is 9.25. The predicted octanol–water partition coefficient (Wildman–Crippen LogP) is 1.45. The summed E-state index contributed by atoms with van der Waals surface area (Å²) < 4.78 is 1.79. The molecule has 0 spiro atoms. The fourth-order valence-electron chi connectivity index (χ4n) is 3.73. The van der Waals surface area contributed by atoms with Gasteiger partial charge in [-0.05, 0) is 25.0 Å². The lowest BCUT2D eigenvalue weighted by molar-refractivity contribution is 0.640. The van der Waals surface area contributed by atoms with Crippen molar-refractivity contribution in [2.24, 2.45) is 0 Å². The molecule has 2 fully saturated rings. The Hall–Kier alpha value is -2.90. The van der Waals surface area contributed by atoms with Crippen LogP contribution in [0, 0.1) is 0 Å². The molecule has 0 unspecified atom stereocenters. The van der Waals surface area contributed by atoms with E-state index in [0.29, 0.717) is 0 Å². The number of rotatable bonds is 3. The molecule has 5 heterocycles. The lowest BCUT2D eigenvalue weighted by Gasteiger charge is -2.36. The van der Waals surface area contributed by atoms with Gasteiger partial charge >= 0.3 is 0 Å². The number of anilines is 3. The van der Waals surface area contributed by atoms with Crippen LogP contribution in [0.15, 0.2) is 36.8 Å². The van der Waals surface area contributed by atoms with E-state index in [4.69, 9.17) is 9.97 Å². The van der Waals surface area contributed by atoms with E-state index >= 15 is 0 Å². The van der Waals surface area contributed by atoms with Crippen molar-refractivity contribution in [3.8, 4) is 0 Å². The SMILES string of the molecule is c1cc(N2CCN(c3ccn4nccc4n3)CC2)nc(N2CCCC2)n1. The van der Waals surface area contributed by atoms with Crippen LogP contribution in [-0.4, -0.2) is 63.8 Å². The summed E-state index contributed by atoms with van der Waals surface area (Å²) in [4.78, 5) is 20.9. The highest BCUT2D eigenvalue weighted by atomic mass is 15.3. The quantitative estimate of drug-likeness (QED) is 0.708. The van der Waals surface area contributed by atoms with E-state index in [1.807, 2.05) is 30.6 Å².